The second-order valence-electron chi connectivity index (χ2n) is 6.71. The van der Waals surface area contributed by atoms with Crippen molar-refractivity contribution >= 4 is 22.4 Å². The van der Waals surface area contributed by atoms with Crippen molar-refractivity contribution < 1.29 is 9.21 Å². The molecule has 0 saturated carbocycles. The minimum absolute atomic E-state index is 0.191. The van der Waals surface area contributed by atoms with Crippen LogP contribution < -0.4 is 10.9 Å². The molecule has 4 rings (SSSR count). The first kappa shape index (κ1) is 18.6. The summed E-state index contributed by atoms with van der Waals surface area (Å²) in [5.41, 5.74) is 1.20. The number of hydrogen-bond donors (Lipinski definition) is 1. The van der Waals surface area contributed by atoms with Crippen molar-refractivity contribution in [3.8, 4) is 11.5 Å². The lowest BCUT2D eigenvalue weighted by atomic mass is 10.1. The minimum Gasteiger partial charge on any atom is -0.421 e. The Bertz CT molecular complexity index is 1220. The van der Waals surface area contributed by atoms with E-state index in [1.54, 1.807) is 43.5 Å². The second kappa shape index (κ2) is 7.71. The Morgan fingerprint density at radius 2 is 1.86 bits per heavy atom. The Morgan fingerprint density at radius 1 is 1.10 bits per heavy atom. The molecule has 29 heavy (non-hydrogen) atoms. The highest BCUT2D eigenvalue weighted by Crippen LogP contribution is 2.21. The van der Waals surface area contributed by atoms with Crippen molar-refractivity contribution in [2.75, 3.05) is 5.32 Å². The number of benzene rings is 2. The summed E-state index contributed by atoms with van der Waals surface area (Å²) in [4.78, 5) is 25.4. The van der Waals surface area contributed by atoms with Gasteiger partial charge in [-0.2, -0.15) is 0 Å². The van der Waals surface area contributed by atoms with Crippen molar-refractivity contribution in [3.63, 3.8) is 0 Å². The molecule has 7 nitrogen and oxygen atoms in total. The van der Waals surface area contributed by atoms with E-state index in [0.29, 0.717) is 29.3 Å². The third-order valence-corrected chi connectivity index (χ3v) is 4.81. The molecule has 0 radical (unpaired) electrons. The highest BCUT2D eigenvalue weighted by molar-refractivity contribution is 5.94. The van der Waals surface area contributed by atoms with Gasteiger partial charge >= 0.3 is 0 Å². The third kappa shape index (κ3) is 3.67. The Morgan fingerprint density at radius 3 is 2.59 bits per heavy atom. The van der Waals surface area contributed by atoms with Crippen LogP contribution in [-0.4, -0.2) is 20.7 Å². The van der Waals surface area contributed by atoms with E-state index in [1.807, 2.05) is 31.2 Å². The van der Waals surface area contributed by atoms with E-state index in [9.17, 15) is 9.59 Å². The first-order chi connectivity index (χ1) is 14.1. The van der Waals surface area contributed by atoms with Gasteiger partial charge in [-0.1, -0.05) is 25.1 Å². The number of nitrogens with zero attached hydrogens (tertiary/aromatic N) is 3. The zero-order chi connectivity index (χ0) is 20.4. The summed E-state index contributed by atoms with van der Waals surface area (Å²) < 4.78 is 6.98. The summed E-state index contributed by atoms with van der Waals surface area (Å²) >= 11 is 0. The maximum atomic E-state index is 12.7. The minimum atomic E-state index is -0.658. The summed E-state index contributed by atoms with van der Waals surface area (Å²) in [5.74, 6) is 0.740. The van der Waals surface area contributed by atoms with Crippen LogP contribution in [0.3, 0.4) is 0 Å². The van der Waals surface area contributed by atoms with Crippen LogP contribution in [0.4, 0.5) is 5.69 Å². The average Bonchev–Trinajstić information content (AvgIpc) is 3.23. The van der Waals surface area contributed by atoms with Gasteiger partial charge in [0, 0.05) is 29.3 Å². The summed E-state index contributed by atoms with van der Waals surface area (Å²) in [5, 5.41) is 12.2. The number of fused-ring (bicyclic) bond motifs is 1. The average molecular weight is 388 g/mol. The number of pyridine rings is 1. The van der Waals surface area contributed by atoms with Gasteiger partial charge in [-0.15, -0.1) is 10.2 Å². The molecule has 0 aliphatic heterocycles. The number of carbonyl (C=O) groups excluding carboxylic acids is 1. The molecule has 0 saturated heterocycles. The number of hydrogen-bond acceptors (Lipinski definition) is 5. The molecule has 0 spiro atoms. The molecule has 2 aromatic heterocycles. The number of amides is 1. The predicted octanol–water partition coefficient (Wildman–Crippen LogP) is 3.81. The fraction of sp³-hybridized carbons (Fsp3) is 0.182. The number of aryl methyl sites for hydroxylation is 1. The molecule has 4 aromatic rings. The molecular formula is C22H20N4O3. The van der Waals surface area contributed by atoms with Crippen molar-refractivity contribution in [1.82, 2.24) is 14.8 Å². The number of anilines is 1. The zero-order valence-corrected chi connectivity index (χ0v) is 16.1. The SMILES string of the molecule is CCc1nnc(-c2ccc(NC(=O)C(C)n3ccc4ccccc4c3=O)cc2)o1. The van der Waals surface area contributed by atoms with Crippen LogP contribution in [0.25, 0.3) is 22.2 Å². The van der Waals surface area contributed by atoms with E-state index in [2.05, 4.69) is 15.5 Å². The maximum absolute atomic E-state index is 12.7. The fourth-order valence-corrected chi connectivity index (χ4v) is 3.09. The Hall–Kier alpha value is -3.74. The molecule has 7 heteroatoms. The maximum Gasteiger partial charge on any atom is 0.259 e. The molecule has 1 unspecified atom stereocenters. The Labute approximate surface area is 167 Å². The lowest BCUT2D eigenvalue weighted by molar-refractivity contribution is -0.118. The number of rotatable bonds is 5. The normalized spacial score (nSPS) is 12.1. The van der Waals surface area contributed by atoms with Crippen LogP contribution in [0.15, 0.2) is 70.0 Å². The first-order valence-electron chi connectivity index (χ1n) is 9.40. The molecule has 1 amide bonds. The van der Waals surface area contributed by atoms with Gasteiger partial charge in [0.05, 0.1) is 0 Å². The van der Waals surface area contributed by atoms with Crippen LogP contribution in [-0.2, 0) is 11.2 Å². The molecule has 0 bridgehead atoms. The fourth-order valence-electron chi connectivity index (χ4n) is 3.09. The van der Waals surface area contributed by atoms with Crippen LogP contribution in [0.1, 0.15) is 25.8 Å². The Balaban J connectivity index is 1.52. The lowest BCUT2D eigenvalue weighted by Crippen LogP contribution is -2.31. The third-order valence-electron chi connectivity index (χ3n) is 4.81. The molecule has 0 aliphatic carbocycles. The monoisotopic (exact) mass is 388 g/mol. The number of aromatic nitrogens is 3. The summed E-state index contributed by atoms with van der Waals surface area (Å²) in [6.45, 7) is 3.64. The molecular weight excluding hydrogens is 368 g/mol. The highest BCUT2D eigenvalue weighted by Gasteiger charge is 2.17. The van der Waals surface area contributed by atoms with Crippen molar-refractivity contribution in [2.45, 2.75) is 26.3 Å². The highest BCUT2D eigenvalue weighted by atomic mass is 16.4. The van der Waals surface area contributed by atoms with Crippen molar-refractivity contribution in [3.05, 3.63) is 77.0 Å². The van der Waals surface area contributed by atoms with Crippen LogP contribution >= 0.6 is 0 Å². The van der Waals surface area contributed by atoms with E-state index in [0.717, 1.165) is 10.9 Å². The van der Waals surface area contributed by atoms with Gasteiger partial charge < -0.3 is 14.3 Å². The first-order valence-corrected chi connectivity index (χ1v) is 9.40. The molecule has 0 fully saturated rings. The smallest absolute Gasteiger partial charge is 0.259 e. The van der Waals surface area contributed by atoms with E-state index in [1.165, 1.54) is 4.57 Å². The van der Waals surface area contributed by atoms with E-state index in [-0.39, 0.29) is 11.5 Å². The zero-order valence-electron chi connectivity index (χ0n) is 16.1. The largest absolute Gasteiger partial charge is 0.421 e. The topological polar surface area (TPSA) is 90.0 Å². The van der Waals surface area contributed by atoms with Crippen molar-refractivity contribution in [1.29, 1.82) is 0 Å². The van der Waals surface area contributed by atoms with Crippen LogP contribution in [0, 0.1) is 0 Å². The second-order valence-corrected chi connectivity index (χ2v) is 6.71. The van der Waals surface area contributed by atoms with Crippen LogP contribution in [0.2, 0.25) is 0 Å². The molecule has 0 aliphatic rings. The van der Waals surface area contributed by atoms with Gasteiger partial charge in [-0.25, -0.2) is 0 Å². The summed E-state index contributed by atoms with van der Waals surface area (Å²) in [7, 11) is 0. The van der Waals surface area contributed by atoms with E-state index >= 15 is 0 Å². The summed E-state index contributed by atoms with van der Waals surface area (Å²) in [6.07, 6.45) is 2.33. The lowest BCUT2D eigenvalue weighted by Gasteiger charge is -2.16. The summed E-state index contributed by atoms with van der Waals surface area (Å²) in [6, 6.07) is 15.6. The van der Waals surface area contributed by atoms with Gasteiger partial charge in [0.1, 0.15) is 6.04 Å². The van der Waals surface area contributed by atoms with E-state index < -0.39 is 6.04 Å². The van der Waals surface area contributed by atoms with Crippen molar-refractivity contribution in [2.24, 2.45) is 0 Å². The standard InChI is InChI=1S/C22H20N4O3/c1-3-19-24-25-21(29-19)16-8-10-17(11-9-16)23-20(27)14(2)26-13-12-15-6-4-5-7-18(15)22(26)28/h4-14H,3H2,1-2H3,(H,23,27). The number of nitrogens with one attached hydrogen (secondary N) is 1. The van der Waals surface area contributed by atoms with Gasteiger partial charge in [-0.05, 0) is 48.7 Å². The van der Waals surface area contributed by atoms with E-state index in [4.69, 9.17) is 4.42 Å². The molecule has 2 heterocycles. The molecule has 1 atom stereocenters. The quantitative estimate of drug-likeness (QED) is 0.561. The predicted molar refractivity (Wildman–Crippen MR) is 111 cm³/mol. The van der Waals surface area contributed by atoms with Gasteiger partial charge in [0.15, 0.2) is 0 Å². The van der Waals surface area contributed by atoms with Gasteiger partial charge in [0.2, 0.25) is 17.7 Å². The van der Waals surface area contributed by atoms with Gasteiger partial charge in [0.25, 0.3) is 5.56 Å². The van der Waals surface area contributed by atoms with Gasteiger partial charge in [-0.3, -0.25) is 9.59 Å². The molecule has 146 valence electrons. The Kier molecular flexibility index (Phi) is 4.95. The molecule has 1 N–H and O–H groups in total. The van der Waals surface area contributed by atoms with Crippen LogP contribution in [0.5, 0.6) is 0 Å². The number of carbonyl (C=O) groups is 1. The molecule has 2 aromatic carbocycles.